The first-order valence-corrected chi connectivity index (χ1v) is 11.9. The molecule has 0 spiro atoms. The Morgan fingerprint density at radius 2 is 1.91 bits per heavy atom. The Kier molecular flexibility index (Phi) is 6.31. The first kappa shape index (κ1) is 22.7. The van der Waals surface area contributed by atoms with Crippen LogP contribution in [0.15, 0.2) is 67.3 Å². The maximum Gasteiger partial charge on any atom is 0.213 e. The van der Waals surface area contributed by atoms with Gasteiger partial charge in [-0.15, -0.1) is 0 Å². The van der Waals surface area contributed by atoms with E-state index in [1.165, 1.54) is 0 Å². The predicted octanol–water partition coefficient (Wildman–Crippen LogP) is 4.21. The van der Waals surface area contributed by atoms with Crippen LogP contribution in [0.1, 0.15) is 22.8 Å². The molecule has 4 rings (SSSR count). The van der Waals surface area contributed by atoms with Gasteiger partial charge in [-0.2, -0.15) is 0 Å². The fraction of sp³-hybridized carbons (Fsp3) is 0.200. The molecule has 0 amide bonds. The normalized spacial score (nSPS) is 14.5. The molecule has 1 aliphatic heterocycles. The lowest BCUT2D eigenvalue weighted by Crippen LogP contribution is -2.18. The van der Waals surface area contributed by atoms with Gasteiger partial charge in [-0.1, -0.05) is 43.0 Å². The zero-order valence-electron chi connectivity index (χ0n) is 18.4. The van der Waals surface area contributed by atoms with Crippen LogP contribution in [0.5, 0.6) is 23.0 Å². The molecular weight excluding hydrogens is 442 g/mol. The average molecular weight is 468 g/mol. The molecule has 33 heavy (non-hydrogen) atoms. The van der Waals surface area contributed by atoms with Crippen molar-refractivity contribution >= 4 is 10.0 Å². The Bertz CT molecular complexity index is 1300. The summed E-state index contributed by atoms with van der Waals surface area (Å²) < 4.78 is 46.8. The maximum atomic E-state index is 11.7. The van der Waals surface area contributed by atoms with Crippen LogP contribution >= 0.6 is 0 Å². The molecule has 1 unspecified atom stereocenters. The molecular formula is C25H25NO6S. The summed E-state index contributed by atoms with van der Waals surface area (Å²) in [6.45, 7) is 4.01. The first-order chi connectivity index (χ1) is 15.8. The van der Waals surface area contributed by atoms with E-state index in [9.17, 15) is 8.42 Å². The van der Waals surface area contributed by atoms with Crippen molar-refractivity contribution in [2.45, 2.75) is 11.9 Å². The highest BCUT2D eigenvalue weighted by Crippen LogP contribution is 2.52. The molecule has 0 aromatic heterocycles. The van der Waals surface area contributed by atoms with Crippen LogP contribution in [-0.2, 0) is 15.8 Å². The number of primary sulfonamides is 1. The van der Waals surface area contributed by atoms with Crippen molar-refractivity contribution in [3.8, 4) is 34.1 Å². The number of methoxy groups -OCH3 is 2. The molecule has 3 aromatic rings. The van der Waals surface area contributed by atoms with Gasteiger partial charge in [0, 0.05) is 11.1 Å². The summed E-state index contributed by atoms with van der Waals surface area (Å²) in [6, 6.07) is 16.6. The quantitative estimate of drug-likeness (QED) is 0.499. The Balaban J connectivity index is 1.92. The van der Waals surface area contributed by atoms with Gasteiger partial charge in [-0.05, 0) is 35.4 Å². The molecule has 172 valence electrons. The van der Waals surface area contributed by atoms with E-state index < -0.39 is 16.1 Å². The van der Waals surface area contributed by atoms with Crippen molar-refractivity contribution in [3.63, 3.8) is 0 Å². The summed E-state index contributed by atoms with van der Waals surface area (Å²) >= 11 is 0. The highest BCUT2D eigenvalue weighted by Gasteiger charge is 2.32. The van der Waals surface area contributed by atoms with E-state index in [2.05, 4.69) is 6.58 Å². The maximum absolute atomic E-state index is 11.7. The van der Waals surface area contributed by atoms with E-state index in [0.29, 0.717) is 35.2 Å². The third-order valence-electron chi connectivity index (χ3n) is 5.32. The van der Waals surface area contributed by atoms with Crippen LogP contribution < -0.4 is 24.1 Å². The zero-order chi connectivity index (χ0) is 23.6. The predicted molar refractivity (Wildman–Crippen MR) is 126 cm³/mol. The van der Waals surface area contributed by atoms with Crippen molar-refractivity contribution < 1.29 is 27.4 Å². The van der Waals surface area contributed by atoms with Crippen LogP contribution in [-0.4, -0.2) is 29.2 Å². The molecule has 1 aliphatic rings. The summed E-state index contributed by atoms with van der Waals surface area (Å²) in [5.41, 5.74) is 3.80. The molecule has 1 heterocycles. The number of rotatable bonds is 8. The lowest BCUT2D eigenvalue weighted by atomic mass is 9.88. The number of hydrogen-bond acceptors (Lipinski definition) is 6. The van der Waals surface area contributed by atoms with Crippen molar-refractivity contribution in [2.75, 3.05) is 20.8 Å². The Morgan fingerprint density at radius 3 is 2.61 bits per heavy atom. The van der Waals surface area contributed by atoms with Gasteiger partial charge >= 0.3 is 0 Å². The van der Waals surface area contributed by atoms with Gasteiger partial charge in [0.2, 0.25) is 10.0 Å². The van der Waals surface area contributed by atoms with E-state index in [0.717, 1.165) is 22.3 Å². The van der Waals surface area contributed by atoms with Crippen LogP contribution in [0.25, 0.3) is 11.1 Å². The molecule has 0 saturated carbocycles. The van der Waals surface area contributed by atoms with Crippen molar-refractivity contribution in [1.82, 2.24) is 0 Å². The summed E-state index contributed by atoms with van der Waals surface area (Å²) in [5, 5.41) is 5.30. The molecule has 1 atom stereocenters. The van der Waals surface area contributed by atoms with E-state index in [4.69, 9.17) is 24.1 Å². The molecule has 0 aliphatic carbocycles. The summed E-state index contributed by atoms with van der Waals surface area (Å²) in [5.74, 6) is 2.11. The number of nitrogens with two attached hydrogens (primary N) is 1. The van der Waals surface area contributed by atoms with Gasteiger partial charge < -0.3 is 18.9 Å². The van der Waals surface area contributed by atoms with E-state index in [-0.39, 0.29) is 5.75 Å². The SMILES string of the molecule is C=CCOc1ccc2c(c1OC)-c1ccc(CS(N)(=O)=O)cc1C(c1cccc(OC)c1)O2. The van der Waals surface area contributed by atoms with Gasteiger partial charge in [-0.25, -0.2) is 13.6 Å². The molecule has 7 nitrogen and oxygen atoms in total. The molecule has 0 saturated heterocycles. The van der Waals surface area contributed by atoms with Crippen LogP contribution in [0.2, 0.25) is 0 Å². The molecule has 8 heteroatoms. The Hall–Kier alpha value is -3.49. The van der Waals surface area contributed by atoms with Gasteiger partial charge in [0.05, 0.1) is 25.5 Å². The van der Waals surface area contributed by atoms with Gasteiger partial charge in [0.15, 0.2) is 11.5 Å². The second kappa shape index (κ2) is 9.17. The number of benzene rings is 3. The fourth-order valence-corrected chi connectivity index (χ4v) is 4.63. The molecule has 3 aromatic carbocycles. The molecule has 0 fully saturated rings. The van der Waals surface area contributed by atoms with Crippen LogP contribution in [0.4, 0.5) is 0 Å². The molecule has 2 N–H and O–H groups in total. The lowest BCUT2D eigenvalue weighted by molar-refractivity contribution is 0.240. The average Bonchev–Trinajstić information content (AvgIpc) is 2.80. The number of hydrogen-bond donors (Lipinski definition) is 1. The third-order valence-corrected chi connectivity index (χ3v) is 6.06. The van der Waals surface area contributed by atoms with E-state index >= 15 is 0 Å². The third kappa shape index (κ3) is 4.67. The van der Waals surface area contributed by atoms with Crippen LogP contribution in [0.3, 0.4) is 0 Å². The monoisotopic (exact) mass is 467 g/mol. The second-order valence-corrected chi connectivity index (χ2v) is 9.19. The fourth-order valence-electron chi connectivity index (χ4n) is 3.99. The van der Waals surface area contributed by atoms with Gasteiger partial charge in [0.25, 0.3) is 0 Å². The summed E-state index contributed by atoms with van der Waals surface area (Å²) in [4.78, 5) is 0. The van der Waals surface area contributed by atoms with Crippen LogP contribution in [0, 0.1) is 0 Å². The van der Waals surface area contributed by atoms with Crippen molar-refractivity contribution in [3.05, 3.63) is 83.9 Å². The smallest absolute Gasteiger partial charge is 0.213 e. The van der Waals surface area contributed by atoms with E-state index in [1.54, 1.807) is 32.4 Å². The number of sulfonamides is 1. The molecule has 0 radical (unpaired) electrons. The minimum Gasteiger partial charge on any atom is -0.497 e. The standard InChI is InChI=1S/C25H25NO6S/c1-4-12-31-22-11-10-21-23(25(22)30-3)19-9-8-16(15-33(26,27)28)13-20(19)24(32-21)17-6-5-7-18(14-17)29-2/h4-11,13-14,24H,1,12,15H2,2-3H3,(H2,26,27,28). The summed E-state index contributed by atoms with van der Waals surface area (Å²) in [7, 11) is -0.532. The van der Waals surface area contributed by atoms with Crippen molar-refractivity contribution in [2.24, 2.45) is 5.14 Å². The van der Waals surface area contributed by atoms with Crippen molar-refractivity contribution in [1.29, 1.82) is 0 Å². The minimum absolute atomic E-state index is 0.280. The number of ether oxygens (including phenoxy) is 4. The first-order valence-electron chi connectivity index (χ1n) is 10.2. The summed E-state index contributed by atoms with van der Waals surface area (Å²) in [6.07, 6.45) is 1.16. The topological polar surface area (TPSA) is 97.1 Å². The largest absolute Gasteiger partial charge is 0.497 e. The minimum atomic E-state index is -3.70. The Morgan fingerprint density at radius 1 is 1.09 bits per heavy atom. The molecule has 0 bridgehead atoms. The van der Waals surface area contributed by atoms with E-state index in [1.807, 2.05) is 42.5 Å². The van der Waals surface area contributed by atoms with Gasteiger partial charge in [0.1, 0.15) is 24.2 Å². The Labute approximate surface area is 193 Å². The lowest BCUT2D eigenvalue weighted by Gasteiger charge is -2.31. The van der Waals surface area contributed by atoms with Gasteiger partial charge in [-0.3, -0.25) is 0 Å². The second-order valence-electron chi connectivity index (χ2n) is 7.57. The number of fused-ring (bicyclic) bond motifs is 3. The highest BCUT2D eigenvalue weighted by molar-refractivity contribution is 7.88. The highest BCUT2D eigenvalue weighted by atomic mass is 32.2. The zero-order valence-corrected chi connectivity index (χ0v) is 19.2.